The minimum Gasteiger partial charge on any atom is -0.493 e. The summed E-state index contributed by atoms with van der Waals surface area (Å²) in [4.78, 5) is 32.1. The van der Waals surface area contributed by atoms with Gasteiger partial charge in [0.2, 0.25) is 11.8 Å². The molecule has 0 bridgehead atoms. The molecule has 0 aromatic heterocycles. The van der Waals surface area contributed by atoms with Crippen LogP contribution >= 0.6 is 0 Å². The van der Waals surface area contributed by atoms with Crippen LogP contribution < -0.4 is 14.8 Å². The molecule has 2 unspecified atom stereocenters. The second-order valence-corrected chi connectivity index (χ2v) is 11.6. The second kappa shape index (κ2) is 12.7. The molecule has 40 heavy (non-hydrogen) atoms. The molecule has 0 saturated heterocycles. The van der Waals surface area contributed by atoms with E-state index in [1.807, 2.05) is 82.0 Å². The number of carbonyl (C=O) groups excluding carboxylic acids is 2. The topological polar surface area (TPSA) is 98.7 Å². The number of nitrogens with zero attached hydrogens (tertiary/aromatic N) is 2. The van der Waals surface area contributed by atoms with Crippen molar-refractivity contribution in [3.63, 3.8) is 0 Å². The fourth-order valence-electron chi connectivity index (χ4n) is 4.33. The molecule has 0 fully saturated rings. The zero-order valence-electron chi connectivity index (χ0n) is 25.2. The van der Waals surface area contributed by atoms with Crippen LogP contribution in [-0.2, 0) is 25.6 Å². The molecule has 0 spiro atoms. The van der Waals surface area contributed by atoms with Gasteiger partial charge in [-0.15, -0.1) is 0 Å². The maximum atomic E-state index is 12.8. The molecule has 9 heteroatoms. The number of ether oxygens (including phenoxy) is 4. The minimum absolute atomic E-state index is 0.0958. The predicted octanol–water partition coefficient (Wildman–Crippen LogP) is 4.28. The molecule has 1 amide bonds. The van der Waals surface area contributed by atoms with Crippen molar-refractivity contribution in [3.8, 4) is 11.5 Å². The van der Waals surface area contributed by atoms with E-state index in [9.17, 15) is 9.59 Å². The molecule has 0 aliphatic carbocycles. The number of esters is 1. The number of hydrogen-bond acceptors (Lipinski definition) is 8. The first-order valence-corrected chi connectivity index (χ1v) is 13.5. The molecular formula is C31H43N3O6. The molecule has 1 aliphatic heterocycles. The van der Waals surface area contributed by atoms with E-state index in [4.69, 9.17) is 23.9 Å². The van der Waals surface area contributed by atoms with E-state index in [1.165, 1.54) is 0 Å². The fraction of sp³-hybridized carbons (Fsp3) is 0.516. The van der Waals surface area contributed by atoms with Crippen molar-refractivity contribution in [2.45, 2.75) is 78.4 Å². The maximum absolute atomic E-state index is 12.8. The van der Waals surface area contributed by atoms with E-state index in [2.05, 4.69) is 5.32 Å². The SMILES string of the molecule is CNC(=O)CN(Cc1cc(C)c(OC(C)(C)C(=O)OC(C)(C)C)c(OC)c1)CC1N=C(c2ccccc2)OC1C. The Bertz CT molecular complexity index is 1220. The maximum Gasteiger partial charge on any atom is 0.350 e. The number of aryl methyl sites for hydroxylation is 1. The summed E-state index contributed by atoms with van der Waals surface area (Å²) in [5.41, 5.74) is 0.792. The first kappa shape index (κ1) is 30.9. The third-order valence-electron chi connectivity index (χ3n) is 6.41. The van der Waals surface area contributed by atoms with Crippen molar-refractivity contribution in [2.75, 3.05) is 27.2 Å². The summed E-state index contributed by atoms with van der Waals surface area (Å²) < 4.78 is 23.4. The highest BCUT2D eigenvalue weighted by Crippen LogP contribution is 2.36. The average Bonchev–Trinajstić information content (AvgIpc) is 3.24. The highest BCUT2D eigenvalue weighted by Gasteiger charge is 2.36. The van der Waals surface area contributed by atoms with Crippen LogP contribution in [0.2, 0.25) is 0 Å². The Morgan fingerprint density at radius 2 is 1.77 bits per heavy atom. The molecule has 1 aliphatic rings. The third-order valence-corrected chi connectivity index (χ3v) is 6.41. The van der Waals surface area contributed by atoms with Gasteiger partial charge in [-0.1, -0.05) is 24.3 Å². The number of methoxy groups -OCH3 is 1. The van der Waals surface area contributed by atoms with Crippen LogP contribution in [0.1, 0.15) is 58.2 Å². The van der Waals surface area contributed by atoms with Gasteiger partial charge in [-0.3, -0.25) is 9.69 Å². The molecule has 2 aromatic carbocycles. The van der Waals surface area contributed by atoms with Crippen LogP contribution in [0.5, 0.6) is 11.5 Å². The predicted molar refractivity (Wildman–Crippen MR) is 155 cm³/mol. The molecule has 1 heterocycles. The molecule has 0 radical (unpaired) electrons. The lowest BCUT2D eigenvalue weighted by Crippen LogP contribution is -2.43. The standard InChI is InChI=1S/C31H43N3O6/c1-20-15-22(16-25(37-9)27(20)39-31(6,7)29(36)40-30(3,4)5)17-34(19-26(35)32-8)18-24-21(2)38-28(33-24)23-13-11-10-12-14-23/h10-16,21,24H,17-19H2,1-9H3,(H,32,35). The van der Waals surface area contributed by atoms with Gasteiger partial charge in [0.15, 0.2) is 17.1 Å². The van der Waals surface area contributed by atoms with Gasteiger partial charge in [-0.25, -0.2) is 9.79 Å². The lowest BCUT2D eigenvalue weighted by molar-refractivity contribution is -0.171. The summed E-state index contributed by atoms with van der Waals surface area (Å²) in [6.07, 6.45) is -0.135. The summed E-state index contributed by atoms with van der Waals surface area (Å²) in [5, 5.41) is 2.71. The lowest BCUT2D eigenvalue weighted by atomic mass is 10.1. The van der Waals surface area contributed by atoms with Crippen LogP contribution in [0.25, 0.3) is 0 Å². The molecule has 1 N–H and O–H groups in total. The van der Waals surface area contributed by atoms with Crippen molar-refractivity contribution >= 4 is 17.8 Å². The van der Waals surface area contributed by atoms with Gasteiger partial charge in [-0.05, 0) is 77.8 Å². The zero-order valence-corrected chi connectivity index (χ0v) is 25.2. The number of hydrogen-bond donors (Lipinski definition) is 1. The first-order chi connectivity index (χ1) is 18.7. The summed E-state index contributed by atoms with van der Waals surface area (Å²) in [6, 6.07) is 13.5. The highest BCUT2D eigenvalue weighted by atomic mass is 16.6. The van der Waals surface area contributed by atoms with E-state index in [0.717, 1.165) is 16.7 Å². The van der Waals surface area contributed by atoms with E-state index in [0.29, 0.717) is 30.5 Å². The van der Waals surface area contributed by atoms with Gasteiger partial charge < -0.3 is 24.3 Å². The number of rotatable bonds is 11. The number of aliphatic imine (C=N–C) groups is 1. The van der Waals surface area contributed by atoms with Gasteiger partial charge in [0, 0.05) is 25.7 Å². The summed E-state index contributed by atoms with van der Waals surface area (Å²) >= 11 is 0. The largest absolute Gasteiger partial charge is 0.493 e. The highest BCUT2D eigenvalue weighted by molar-refractivity contribution is 5.95. The molecule has 2 aromatic rings. The summed E-state index contributed by atoms with van der Waals surface area (Å²) in [5.74, 6) is 1.01. The first-order valence-electron chi connectivity index (χ1n) is 13.5. The Morgan fingerprint density at radius 3 is 2.38 bits per heavy atom. The molecule has 3 rings (SSSR count). The lowest BCUT2D eigenvalue weighted by Gasteiger charge is -2.30. The molecule has 218 valence electrons. The summed E-state index contributed by atoms with van der Waals surface area (Å²) in [7, 11) is 3.19. The van der Waals surface area contributed by atoms with Gasteiger partial charge in [0.05, 0.1) is 13.7 Å². The number of benzene rings is 2. The Hall–Kier alpha value is -3.59. The Labute approximate surface area is 237 Å². The number of amides is 1. The van der Waals surface area contributed by atoms with E-state index in [-0.39, 0.29) is 24.6 Å². The number of carbonyl (C=O) groups is 2. The third kappa shape index (κ3) is 8.21. The zero-order chi connectivity index (χ0) is 29.7. The normalized spacial score (nSPS) is 17.2. The van der Waals surface area contributed by atoms with Crippen molar-refractivity contribution in [2.24, 2.45) is 4.99 Å². The van der Waals surface area contributed by atoms with Crippen LogP contribution in [-0.4, -0.2) is 73.3 Å². The van der Waals surface area contributed by atoms with Gasteiger partial charge >= 0.3 is 5.97 Å². The van der Waals surface area contributed by atoms with E-state index >= 15 is 0 Å². The van der Waals surface area contributed by atoms with Crippen LogP contribution in [0, 0.1) is 6.92 Å². The monoisotopic (exact) mass is 553 g/mol. The number of nitrogens with one attached hydrogen (secondary N) is 1. The molecule has 2 atom stereocenters. The van der Waals surface area contributed by atoms with Gasteiger partial charge in [0.1, 0.15) is 17.7 Å². The number of likely N-dealkylation sites (N-methyl/N-ethyl adjacent to an activating group) is 1. The van der Waals surface area contributed by atoms with Crippen LogP contribution in [0.4, 0.5) is 0 Å². The van der Waals surface area contributed by atoms with Gasteiger partial charge in [0.25, 0.3) is 0 Å². The van der Waals surface area contributed by atoms with Crippen LogP contribution in [0.15, 0.2) is 47.5 Å². The van der Waals surface area contributed by atoms with Crippen molar-refractivity contribution in [3.05, 3.63) is 59.2 Å². The van der Waals surface area contributed by atoms with E-state index in [1.54, 1.807) is 28.0 Å². The molecule has 9 nitrogen and oxygen atoms in total. The fourth-order valence-corrected chi connectivity index (χ4v) is 4.33. The molecular weight excluding hydrogens is 510 g/mol. The van der Waals surface area contributed by atoms with Gasteiger partial charge in [-0.2, -0.15) is 0 Å². The van der Waals surface area contributed by atoms with E-state index < -0.39 is 17.2 Å². The Balaban J connectivity index is 1.83. The van der Waals surface area contributed by atoms with Crippen LogP contribution in [0.3, 0.4) is 0 Å². The minimum atomic E-state index is -1.23. The quantitative estimate of drug-likeness (QED) is 0.415. The second-order valence-electron chi connectivity index (χ2n) is 11.6. The summed E-state index contributed by atoms with van der Waals surface area (Å²) in [6.45, 7) is 13.9. The average molecular weight is 554 g/mol. The smallest absolute Gasteiger partial charge is 0.350 e. The van der Waals surface area contributed by atoms with Crippen molar-refractivity contribution in [1.82, 2.24) is 10.2 Å². The Kier molecular flexibility index (Phi) is 9.84. The Morgan fingerprint density at radius 1 is 1.10 bits per heavy atom. The van der Waals surface area contributed by atoms with Crippen molar-refractivity contribution < 1.29 is 28.5 Å². The molecule has 0 saturated carbocycles. The van der Waals surface area contributed by atoms with Crippen molar-refractivity contribution in [1.29, 1.82) is 0 Å².